The van der Waals surface area contributed by atoms with Crippen molar-refractivity contribution in [3.63, 3.8) is 0 Å². The quantitative estimate of drug-likeness (QED) is 0.277. The summed E-state index contributed by atoms with van der Waals surface area (Å²) in [6.07, 6.45) is 4.31. The van der Waals surface area contributed by atoms with E-state index < -0.39 is 17.5 Å². The van der Waals surface area contributed by atoms with Gasteiger partial charge in [0, 0.05) is 16.5 Å². The molecule has 152 valence electrons. The van der Waals surface area contributed by atoms with E-state index in [0.29, 0.717) is 17.4 Å². The molecule has 0 fully saturated rings. The van der Waals surface area contributed by atoms with Crippen molar-refractivity contribution < 1.29 is 17.9 Å². The highest BCUT2D eigenvalue weighted by Gasteiger charge is 2.14. The molecule has 0 N–H and O–H groups in total. The number of unbranched alkanes of at least 4 members (excludes halogenated alkanes) is 2. The van der Waals surface area contributed by atoms with Gasteiger partial charge in [-0.3, -0.25) is 0 Å². The molecule has 0 saturated carbocycles. The maximum atomic E-state index is 14.8. The molecule has 4 heteroatoms. The lowest BCUT2D eigenvalue weighted by Gasteiger charge is -2.09. The van der Waals surface area contributed by atoms with Crippen LogP contribution in [0.5, 0.6) is 5.75 Å². The Bertz CT molecular complexity index is 1010. The Balaban J connectivity index is 1.87. The van der Waals surface area contributed by atoms with Gasteiger partial charge in [-0.1, -0.05) is 62.2 Å². The number of rotatable bonds is 8. The molecule has 0 amide bonds. The lowest BCUT2D eigenvalue weighted by molar-refractivity contribution is 0.323. The summed E-state index contributed by atoms with van der Waals surface area (Å²) in [6.45, 7) is 4.26. The molecule has 3 aromatic rings. The molecule has 0 spiro atoms. The summed E-state index contributed by atoms with van der Waals surface area (Å²) in [7, 11) is 0. The van der Waals surface area contributed by atoms with Gasteiger partial charge in [-0.2, -0.15) is 0 Å². The first-order valence-corrected chi connectivity index (χ1v) is 10.0. The molecular formula is C25H25F3O. The number of fused-ring (bicyclic) bond motifs is 1. The van der Waals surface area contributed by atoms with Crippen LogP contribution in [0.25, 0.3) is 22.4 Å². The molecule has 0 bridgehead atoms. The minimum atomic E-state index is -0.958. The molecular weight excluding hydrogens is 373 g/mol. The third kappa shape index (κ3) is 4.81. The summed E-state index contributed by atoms with van der Waals surface area (Å²) in [4.78, 5) is 0. The van der Waals surface area contributed by atoms with E-state index in [-0.39, 0.29) is 16.9 Å². The van der Waals surface area contributed by atoms with Gasteiger partial charge in [-0.15, -0.1) is 0 Å². The summed E-state index contributed by atoms with van der Waals surface area (Å²) in [5.74, 6) is -2.23. The molecule has 0 radical (unpaired) electrons. The molecule has 0 aliphatic heterocycles. The van der Waals surface area contributed by atoms with Gasteiger partial charge in [0.25, 0.3) is 0 Å². The van der Waals surface area contributed by atoms with Gasteiger partial charge in [-0.25, -0.2) is 13.2 Å². The molecule has 3 rings (SSSR count). The second kappa shape index (κ2) is 9.64. The largest absolute Gasteiger partial charge is 0.491 e. The van der Waals surface area contributed by atoms with Crippen molar-refractivity contribution >= 4 is 22.4 Å². The van der Waals surface area contributed by atoms with Gasteiger partial charge in [0.2, 0.25) is 0 Å². The van der Waals surface area contributed by atoms with Gasteiger partial charge >= 0.3 is 0 Å². The fourth-order valence-electron chi connectivity index (χ4n) is 3.33. The van der Waals surface area contributed by atoms with Crippen LogP contribution < -0.4 is 4.74 Å². The summed E-state index contributed by atoms with van der Waals surface area (Å²) in [5, 5.41) is 0.794. The number of benzene rings is 3. The van der Waals surface area contributed by atoms with E-state index >= 15 is 0 Å². The molecule has 1 nitrogen and oxygen atoms in total. The van der Waals surface area contributed by atoms with E-state index in [1.165, 1.54) is 24.3 Å². The van der Waals surface area contributed by atoms with Crippen LogP contribution in [0, 0.1) is 5.82 Å². The van der Waals surface area contributed by atoms with Gasteiger partial charge in [0.15, 0.2) is 23.2 Å². The minimum Gasteiger partial charge on any atom is -0.491 e. The number of hydrogen-bond donors (Lipinski definition) is 0. The zero-order valence-electron chi connectivity index (χ0n) is 16.8. The SMILES string of the molecule is CCCCCc1ccc(C(F)=C(F)c2ccc3c(F)c(OCC)ccc3c2)cc1. The first-order chi connectivity index (χ1) is 14.0. The van der Waals surface area contributed by atoms with Gasteiger partial charge in [-0.05, 0) is 42.8 Å². The van der Waals surface area contributed by atoms with Crippen LogP contribution in [0.3, 0.4) is 0 Å². The highest BCUT2D eigenvalue weighted by Crippen LogP contribution is 2.33. The van der Waals surface area contributed by atoms with Crippen LogP contribution in [0.2, 0.25) is 0 Å². The van der Waals surface area contributed by atoms with Crippen molar-refractivity contribution in [2.45, 2.75) is 39.5 Å². The van der Waals surface area contributed by atoms with Crippen LogP contribution >= 0.6 is 0 Å². The number of aryl methyl sites for hydroxylation is 1. The Hall–Kier alpha value is -2.75. The minimum absolute atomic E-state index is 0.0746. The number of hydrogen-bond acceptors (Lipinski definition) is 1. The summed E-state index contributed by atoms with van der Waals surface area (Å²) >= 11 is 0. The highest BCUT2D eigenvalue weighted by molar-refractivity contribution is 5.91. The van der Waals surface area contributed by atoms with Gasteiger partial charge in [0.1, 0.15) is 0 Å². The van der Waals surface area contributed by atoms with Crippen LogP contribution in [-0.4, -0.2) is 6.61 Å². The Morgan fingerprint density at radius 2 is 1.52 bits per heavy atom. The Kier molecular flexibility index (Phi) is 6.97. The molecule has 0 unspecified atom stereocenters. The van der Waals surface area contributed by atoms with Crippen LogP contribution in [-0.2, 0) is 6.42 Å². The summed E-state index contributed by atoms with van der Waals surface area (Å²) in [5.41, 5.74) is 1.38. The molecule has 0 heterocycles. The van der Waals surface area contributed by atoms with Crippen molar-refractivity contribution in [1.29, 1.82) is 0 Å². The molecule has 0 aromatic heterocycles. The van der Waals surface area contributed by atoms with Gasteiger partial charge < -0.3 is 4.74 Å². The fourth-order valence-corrected chi connectivity index (χ4v) is 3.33. The zero-order chi connectivity index (χ0) is 20.8. The normalized spacial score (nSPS) is 12.2. The number of halogens is 3. The Morgan fingerprint density at radius 3 is 2.21 bits per heavy atom. The second-order valence-corrected chi connectivity index (χ2v) is 7.03. The van der Waals surface area contributed by atoms with Crippen molar-refractivity contribution in [3.8, 4) is 5.75 Å². The van der Waals surface area contributed by atoms with E-state index in [1.807, 2.05) is 12.1 Å². The molecule has 0 saturated heterocycles. The van der Waals surface area contributed by atoms with E-state index in [4.69, 9.17) is 4.74 Å². The van der Waals surface area contributed by atoms with Crippen LogP contribution in [0.15, 0.2) is 54.6 Å². The predicted molar refractivity (Wildman–Crippen MR) is 114 cm³/mol. The lowest BCUT2D eigenvalue weighted by Crippen LogP contribution is -1.95. The van der Waals surface area contributed by atoms with Crippen LogP contribution in [0.1, 0.15) is 49.8 Å². The van der Waals surface area contributed by atoms with Gasteiger partial charge in [0.05, 0.1) is 6.61 Å². The molecule has 0 aliphatic carbocycles. The smallest absolute Gasteiger partial charge is 0.172 e. The third-order valence-corrected chi connectivity index (χ3v) is 4.94. The molecule has 29 heavy (non-hydrogen) atoms. The lowest BCUT2D eigenvalue weighted by atomic mass is 10.0. The van der Waals surface area contributed by atoms with E-state index in [0.717, 1.165) is 31.2 Å². The standard InChI is InChI=1S/C25H25F3O/c1-3-5-6-7-17-8-10-18(11-9-17)23(26)24(27)20-12-14-21-19(16-20)13-15-22(25(21)28)29-4-2/h8-16H,3-7H2,1-2H3. The average Bonchev–Trinajstić information content (AvgIpc) is 2.75. The van der Waals surface area contributed by atoms with Crippen molar-refractivity contribution in [3.05, 3.63) is 77.1 Å². The summed E-state index contributed by atoms with van der Waals surface area (Å²) < 4.78 is 49.2. The molecule has 0 atom stereocenters. The Labute approximate surface area is 169 Å². The van der Waals surface area contributed by atoms with Crippen molar-refractivity contribution in [2.24, 2.45) is 0 Å². The van der Waals surface area contributed by atoms with E-state index in [9.17, 15) is 13.2 Å². The zero-order valence-corrected chi connectivity index (χ0v) is 16.8. The van der Waals surface area contributed by atoms with Crippen LogP contribution in [0.4, 0.5) is 13.2 Å². The highest BCUT2D eigenvalue weighted by atomic mass is 19.2. The maximum absolute atomic E-state index is 14.8. The van der Waals surface area contributed by atoms with E-state index in [1.54, 1.807) is 25.1 Å². The monoisotopic (exact) mass is 398 g/mol. The number of ether oxygens (including phenoxy) is 1. The Morgan fingerprint density at radius 1 is 0.828 bits per heavy atom. The average molecular weight is 398 g/mol. The van der Waals surface area contributed by atoms with E-state index in [2.05, 4.69) is 6.92 Å². The second-order valence-electron chi connectivity index (χ2n) is 7.03. The molecule has 3 aromatic carbocycles. The maximum Gasteiger partial charge on any atom is 0.172 e. The predicted octanol–water partition coefficient (Wildman–Crippen LogP) is 7.88. The topological polar surface area (TPSA) is 9.23 Å². The van der Waals surface area contributed by atoms with Crippen molar-refractivity contribution in [1.82, 2.24) is 0 Å². The fraction of sp³-hybridized carbons (Fsp3) is 0.280. The molecule has 0 aliphatic rings. The third-order valence-electron chi connectivity index (χ3n) is 4.94. The summed E-state index contributed by atoms with van der Waals surface area (Å²) in [6, 6.07) is 14.3. The first kappa shape index (κ1) is 21.0. The first-order valence-electron chi connectivity index (χ1n) is 10.0. The van der Waals surface area contributed by atoms with Crippen molar-refractivity contribution in [2.75, 3.05) is 6.61 Å².